The lowest BCUT2D eigenvalue weighted by molar-refractivity contribution is 0.535. The fourth-order valence-electron chi connectivity index (χ4n) is 4.65. The molecular weight excluding hydrogens is 418 g/mol. The molecule has 0 aliphatic carbocycles. The van der Waals surface area contributed by atoms with E-state index in [1.165, 1.54) is 118 Å². The molecule has 2 heteroatoms. The maximum absolute atomic E-state index is 4.24. The van der Waals surface area contributed by atoms with Crippen LogP contribution in [0.25, 0.3) is 0 Å². The number of hydrogen-bond donors (Lipinski definition) is 1. The van der Waals surface area contributed by atoms with E-state index in [9.17, 15) is 0 Å². The third-order valence-electron chi connectivity index (χ3n) is 6.70. The molecule has 0 fully saturated rings. The largest absolute Gasteiger partial charge is 0.358 e. The summed E-state index contributed by atoms with van der Waals surface area (Å²) in [5.41, 5.74) is 5.32. The van der Waals surface area contributed by atoms with E-state index in [4.69, 9.17) is 0 Å². The molecule has 0 aromatic heterocycles. The summed E-state index contributed by atoms with van der Waals surface area (Å²) in [5.74, 6) is 0. The Morgan fingerprint density at radius 2 is 1.28 bits per heavy atom. The van der Waals surface area contributed by atoms with Gasteiger partial charge in [0.2, 0.25) is 0 Å². The standard InChI is InChI=1S/C27H44BrN/c1-5-6-7-8-9-10-11-12-13-14-15-16-17-18-19-23-24(28)20-21-25-26(23)27(3,4)22(2)29-25/h20-21,29H,2,5-19H2,1,3-4H3. The molecule has 1 heterocycles. The lowest BCUT2D eigenvalue weighted by Gasteiger charge is -2.23. The van der Waals surface area contributed by atoms with Crippen LogP contribution in [-0.4, -0.2) is 0 Å². The second-order valence-electron chi connectivity index (χ2n) is 9.52. The first kappa shape index (κ1) is 24.5. The van der Waals surface area contributed by atoms with Crippen LogP contribution in [0.5, 0.6) is 0 Å². The molecule has 1 aromatic rings. The van der Waals surface area contributed by atoms with Gasteiger partial charge in [0.05, 0.1) is 0 Å². The molecule has 0 saturated heterocycles. The molecule has 29 heavy (non-hydrogen) atoms. The van der Waals surface area contributed by atoms with Gasteiger partial charge in [-0.25, -0.2) is 0 Å². The molecule has 0 bridgehead atoms. The maximum atomic E-state index is 4.24. The zero-order valence-corrected chi connectivity index (χ0v) is 20.9. The highest BCUT2D eigenvalue weighted by atomic mass is 79.9. The van der Waals surface area contributed by atoms with E-state index in [0.29, 0.717) is 0 Å². The smallest absolute Gasteiger partial charge is 0.0427 e. The zero-order chi connectivity index (χ0) is 21.1. The third-order valence-corrected chi connectivity index (χ3v) is 7.44. The van der Waals surface area contributed by atoms with E-state index in [1.807, 2.05) is 0 Å². The van der Waals surface area contributed by atoms with Crippen LogP contribution in [-0.2, 0) is 11.8 Å². The first-order valence-electron chi connectivity index (χ1n) is 12.3. The molecule has 0 radical (unpaired) electrons. The van der Waals surface area contributed by atoms with Gasteiger partial charge in [0.1, 0.15) is 0 Å². The Hall–Kier alpha value is -0.760. The molecular formula is C27H44BrN. The maximum Gasteiger partial charge on any atom is 0.0427 e. The van der Waals surface area contributed by atoms with Crippen LogP contribution in [0.4, 0.5) is 5.69 Å². The average molecular weight is 463 g/mol. The van der Waals surface area contributed by atoms with Crippen LogP contribution >= 0.6 is 15.9 Å². The van der Waals surface area contributed by atoms with Gasteiger partial charge in [-0.2, -0.15) is 0 Å². The fraction of sp³-hybridized carbons (Fsp3) is 0.704. The molecule has 1 aliphatic heterocycles. The van der Waals surface area contributed by atoms with Crippen molar-refractivity contribution in [2.75, 3.05) is 5.32 Å². The van der Waals surface area contributed by atoms with Crippen molar-refractivity contribution in [2.45, 2.75) is 122 Å². The van der Waals surface area contributed by atoms with Gasteiger partial charge in [0.25, 0.3) is 0 Å². The van der Waals surface area contributed by atoms with Gasteiger partial charge in [0.15, 0.2) is 0 Å². The number of allylic oxidation sites excluding steroid dienone is 1. The zero-order valence-electron chi connectivity index (χ0n) is 19.3. The molecule has 1 aliphatic rings. The molecule has 0 amide bonds. The Morgan fingerprint density at radius 1 is 0.793 bits per heavy atom. The number of hydrogen-bond acceptors (Lipinski definition) is 1. The minimum Gasteiger partial charge on any atom is -0.358 e. The van der Waals surface area contributed by atoms with Gasteiger partial charge in [0, 0.05) is 21.3 Å². The van der Waals surface area contributed by atoms with Crippen LogP contribution in [0.15, 0.2) is 28.9 Å². The minimum absolute atomic E-state index is 0.0183. The Morgan fingerprint density at radius 3 is 1.79 bits per heavy atom. The molecule has 1 nitrogen and oxygen atoms in total. The van der Waals surface area contributed by atoms with Crippen LogP contribution in [0.3, 0.4) is 0 Å². The number of fused-ring (bicyclic) bond motifs is 1. The summed E-state index contributed by atoms with van der Waals surface area (Å²) in [6.45, 7) is 11.1. The molecule has 0 spiro atoms. The second-order valence-corrected chi connectivity index (χ2v) is 10.4. The second kappa shape index (κ2) is 12.8. The summed E-state index contributed by atoms with van der Waals surface area (Å²) in [6, 6.07) is 4.38. The number of anilines is 1. The highest BCUT2D eigenvalue weighted by Gasteiger charge is 2.36. The Balaban J connectivity index is 1.56. The molecule has 2 rings (SSSR count). The molecule has 0 atom stereocenters. The van der Waals surface area contributed by atoms with Gasteiger partial charge >= 0.3 is 0 Å². The highest BCUT2D eigenvalue weighted by molar-refractivity contribution is 9.10. The Kier molecular flexibility index (Phi) is 10.8. The van der Waals surface area contributed by atoms with E-state index in [1.54, 1.807) is 0 Å². The van der Waals surface area contributed by atoms with Gasteiger partial charge in [-0.15, -0.1) is 0 Å². The van der Waals surface area contributed by atoms with Crippen molar-refractivity contribution in [3.8, 4) is 0 Å². The van der Waals surface area contributed by atoms with Crippen LogP contribution in [0.1, 0.15) is 122 Å². The number of nitrogens with one attached hydrogen (secondary N) is 1. The lowest BCUT2D eigenvalue weighted by atomic mass is 9.80. The number of benzene rings is 1. The number of unbranched alkanes of at least 4 members (excludes halogenated alkanes) is 13. The monoisotopic (exact) mass is 461 g/mol. The summed E-state index contributed by atoms with van der Waals surface area (Å²) in [4.78, 5) is 0. The van der Waals surface area contributed by atoms with Gasteiger partial charge in [-0.1, -0.05) is 127 Å². The van der Waals surface area contributed by atoms with Crippen molar-refractivity contribution < 1.29 is 0 Å². The summed E-state index contributed by atoms with van der Waals surface area (Å²) in [6.07, 6.45) is 21.0. The van der Waals surface area contributed by atoms with Crippen LogP contribution in [0, 0.1) is 0 Å². The predicted molar refractivity (Wildman–Crippen MR) is 134 cm³/mol. The van der Waals surface area contributed by atoms with E-state index < -0.39 is 0 Å². The Bertz CT molecular complexity index is 632. The first-order chi connectivity index (χ1) is 14.0. The van der Waals surface area contributed by atoms with Crippen molar-refractivity contribution in [3.05, 3.63) is 40.0 Å². The van der Waals surface area contributed by atoms with Crippen molar-refractivity contribution >= 4 is 21.6 Å². The normalized spacial score (nSPS) is 14.8. The molecule has 1 N–H and O–H groups in total. The van der Waals surface area contributed by atoms with Crippen molar-refractivity contribution in [1.82, 2.24) is 0 Å². The number of rotatable bonds is 15. The summed E-state index contributed by atoms with van der Waals surface area (Å²) < 4.78 is 1.26. The molecule has 164 valence electrons. The van der Waals surface area contributed by atoms with Gasteiger partial charge < -0.3 is 5.32 Å². The fourth-order valence-corrected chi connectivity index (χ4v) is 5.18. The molecule has 0 saturated carbocycles. The van der Waals surface area contributed by atoms with Gasteiger partial charge in [-0.3, -0.25) is 0 Å². The quantitative estimate of drug-likeness (QED) is 0.256. The van der Waals surface area contributed by atoms with Crippen molar-refractivity contribution in [3.63, 3.8) is 0 Å². The van der Waals surface area contributed by atoms with Gasteiger partial charge in [-0.05, 0) is 36.1 Å². The van der Waals surface area contributed by atoms with Crippen LogP contribution < -0.4 is 5.32 Å². The molecule has 0 unspecified atom stereocenters. The van der Waals surface area contributed by atoms with E-state index >= 15 is 0 Å². The lowest BCUT2D eigenvalue weighted by Crippen LogP contribution is -2.18. The molecule has 1 aromatic carbocycles. The van der Waals surface area contributed by atoms with E-state index in [0.717, 1.165) is 5.70 Å². The van der Waals surface area contributed by atoms with E-state index in [2.05, 4.69) is 60.7 Å². The van der Waals surface area contributed by atoms with Crippen molar-refractivity contribution in [1.29, 1.82) is 0 Å². The van der Waals surface area contributed by atoms with Crippen molar-refractivity contribution in [2.24, 2.45) is 0 Å². The summed E-state index contributed by atoms with van der Waals surface area (Å²) in [5, 5.41) is 3.49. The third kappa shape index (κ3) is 7.46. The Labute approximate surface area is 189 Å². The van der Waals surface area contributed by atoms with E-state index in [-0.39, 0.29) is 5.41 Å². The topological polar surface area (TPSA) is 12.0 Å². The van der Waals surface area contributed by atoms with Crippen LogP contribution in [0.2, 0.25) is 0 Å². The first-order valence-corrected chi connectivity index (χ1v) is 13.1. The number of halogens is 1. The SMILES string of the molecule is C=C1Nc2ccc(Br)c(CCCCCCCCCCCCCCCC)c2C1(C)C. The minimum atomic E-state index is 0.0183. The highest BCUT2D eigenvalue weighted by Crippen LogP contribution is 2.46. The summed E-state index contributed by atoms with van der Waals surface area (Å²) >= 11 is 3.81. The average Bonchev–Trinajstić information content (AvgIpc) is 2.92. The predicted octanol–water partition coefficient (Wildman–Crippen LogP) is 9.69. The summed E-state index contributed by atoms with van der Waals surface area (Å²) in [7, 11) is 0.